The van der Waals surface area contributed by atoms with Crippen molar-refractivity contribution in [3.63, 3.8) is 0 Å². The van der Waals surface area contributed by atoms with Gasteiger partial charge in [-0.2, -0.15) is 0 Å². The summed E-state index contributed by atoms with van der Waals surface area (Å²) in [5, 5.41) is 15.4. The average molecular weight is 322 g/mol. The van der Waals surface area contributed by atoms with Gasteiger partial charge in [-0.1, -0.05) is 45.9 Å². The topological polar surface area (TPSA) is 70.6 Å². The third kappa shape index (κ3) is 7.01. The number of amides is 2. The van der Waals surface area contributed by atoms with Crippen molar-refractivity contribution in [2.45, 2.75) is 46.6 Å². The molecule has 1 unspecified atom stereocenters. The molecule has 2 amide bonds. The fourth-order valence-corrected chi connectivity index (χ4v) is 2.21. The smallest absolute Gasteiger partial charge is 0.319 e. The standard InChI is InChI=1S/C18H30N2O3/c1-12(2)10-23-11-15(21)9-19-18(22)20-17-14(5)7-6-8-16(17)13(3)4/h6-8,12-13,15,21H,9-11H2,1-5H3,(H2,19,20,22). The van der Waals surface area contributed by atoms with Crippen LogP contribution in [0.2, 0.25) is 0 Å². The third-order valence-corrected chi connectivity index (χ3v) is 3.43. The predicted molar refractivity (Wildman–Crippen MR) is 94.0 cm³/mol. The van der Waals surface area contributed by atoms with Gasteiger partial charge in [-0.15, -0.1) is 0 Å². The first-order chi connectivity index (χ1) is 10.8. The maximum Gasteiger partial charge on any atom is 0.319 e. The number of aryl methyl sites for hydroxylation is 1. The van der Waals surface area contributed by atoms with Crippen LogP contribution in [0.4, 0.5) is 10.5 Å². The molecule has 5 heteroatoms. The van der Waals surface area contributed by atoms with Crippen LogP contribution in [0, 0.1) is 12.8 Å². The van der Waals surface area contributed by atoms with Gasteiger partial charge >= 0.3 is 6.03 Å². The first kappa shape index (κ1) is 19.5. The first-order valence-electron chi connectivity index (χ1n) is 8.21. The van der Waals surface area contributed by atoms with Crippen molar-refractivity contribution in [3.05, 3.63) is 29.3 Å². The molecule has 0 bridgehead atoms. The minimum Gasteiger partial charge on any atom is -0.389 e. The van der Waals surface area contributed by atoms with Crippen LogP contribution in [0.5, 0.6) is 0 Å². The van der Waals surface area contributed by atoms with Gasteiger partial charge in [0.25, 0.3) is 0 Å². The van der Waals surface area contributed by atoms with Gasteiger partial charge in [0.1, 0.15) is 0 Å². The molecule has 0 fully saturated rings. The van der Waals surface area contributed by atoms with Crippen molar-refractivity contribution in [2.24, 2.45) is 5.92 Å². The molecule has 1 aromatic carbocycles. The maximum atomic E-state index is 12.1. The minimum atomic E-state index is -0.707. The molecule has 0 saturated carbocycles. The number of hydrogen-bond acceptors (Lipinski definition) is 3. The van der Waals surface area contributed by atoms with E-state index >= 15 is 0 Å². The third-order valence-electron chi connectivity index (χ3n) is 3.43. The number of aliphatic hydroxyl groups is 1. The van der Waals surface area contributed by atoms with Gasteiger partial charge in [0.15, 0.2) is 0 Å². The molecule has 5 nitrogen and oxygen atoms in total. The fourth-order valence-electron chi connectivity index (χ4n) is 2.21. The van der Waals surface area contributed by atoms with Crippen molar-refractivity contribution in [3.8, 4) is 0 Å². The number of aliphatic hydroxyl groups excluding tert-OH is 1. The summed E-state index contributed by atoms with van der Waals surface area (Å²) >= 11 is 0. The second kappa shape index (κ2) is 9.53. The highest BCUT2D eigenvalue weighted by molar-refractivity contribution is 5.91. The number of anilines is 1. The molecule has 0 aliphatic rings. The summed E-state index contributed by atoms with van der Waals surface area (Å²) in [5.41, 5.74) is 2.96. The number of para-hydroxylation sites is 1. The zero-order valence-corrected chi connectivity index (χ0v) is 14.8. The van der Waals surface area contributed by atoms with Crippen LogP contribution in [0.3, 0.4) is 0 Å². The Morgan fingerprint density at radius 2 is 1.91 bits per heavy atom. The number of carbonyl (C=O) groups is 1. The van der Waals surface area contributed by atoms with E-state index in [9.17, 15) is 9.90 Å². The number of benzene rings is 1. The Labute approximate surface area is 139 Å². The van der Waals surface area contributed by atoms with E-state index in [0.717, 1.165) is 16.8 Å². The molecule has 1 atom stereocenters. The normalized spacial score (nSPS) is 12.5. The molecule has 0 aliphatic carbocycles. The molecule has 3 N–H and O–H groups in total. The van der Waals surface area contributed by atoms with E-state index < -0.39 is 6.10 Å². The van der Waals surface area contributed by atoms with Crippen LogP contribution in [-0.2, 0) is 4.74 Å². The first-order valence-corrected chi connectivity index (χ1v) is 8.21. The second-order valence-corrected chi connectivity index (χ2v) is 6.61. The summed E-state index contributed by atoms with van der Waals surface area (Å²) in [5.74, 6) is 0.745. The Morgan fingerprint density at radius 3 is 2.52 bits per heavy atom. The highest BCUT2D eigenvalue weighted by atomic mass is 16.5. The van der Waals surface area contributed by atoms with Crippen LogP contribution >= 0.6 is 0 Å². The van der Waals surface area contributed by atoms with E-state index in [2.05, 4.69) is 24.5 Å². The maximum absolute atomic E-state index is 12.1. The van der Waals surface area contributed by atoms with Crippen LogP contribution in [0.15, 0.2) is 18.2 Å². The van der Waals surface area contributed by atoms with E-state index in [1.165, 1.54) is 0 Å². The number of ether oxygens (including phenoxy) is 1. The number of carbonyl (C=O) groups excluding carboxylic acids is 1. The van der Waals surface area contributed by atoms with Crippen molar-refractivity contribution in [1.29, 1.82) is 0 Å². The molecule has 0 aromatic heterocycles. The van der Waals surface area contributed by atoms with Gasteiger partial charge in [-0.05, 0) is 29.9 Å². The summed E-state index contributed by atoms with van der Waals surface area (Å²) in [6, 6.07) is 5.66. The Balaban J connectivity index is 2.48. The molecule has 0 heterocycles. The molecular formula is C18H30N2O3. The minimum absolute atomic E-state index is 0.160. The molecular weight excluding hydrogens is 292 g/mol. The molecule has 1 rings (SSSR count). The van der Waals surface area contributed by atoms with E-state index in [1.54, 1.807) is 0 Å². The zero-order chi connectivity index (χ0) is 17.4. The summed E-state index contributed by atoms with van der Waals surface area (Å²) in [7, 11) is 0. The van der Waals surface area contributed by atoms with Crippen molar-refractivity contribution in [1.82, 2.24) is 5.32 Å². The van der Waals surface area contributed by atoms with Gasteiger partial charge in [-0.25, -0.2) is 4.79 Å². The van der Waals surface area contributed by atoms with Crippen molar-refractivity contribution >= 4 is 11.7 Å². The predicted octanol–water partition coefficient (Wildman–Crippen LogP) is 3.27. The van der Waals surface area contributed by atoms with Gasteiger partial charge in [-0.3, -0.25) is 0 Å². The van der Waals surface area contributed by atoms with Crippen molar-refractivity contribution < 1.29 is 14.6 Å². The second-order valence-electron chi connectivity index (χ2n) is 6.61. The molecule has 1 aromatic rings. The van der Waals surface area contributed by atoms with Crippen molar-refractivity contribution in [2.75, 3.05) is 25.1 Å². The monoisotopic (exact) mass is 322 g/mol. The van der Waals surface area contributed by atoms with E-state index in [-0.39, 0.29) is 19.2 Å². The number of nitrogens with one attached hydrogen (secondary N) is 2. The lowest BCUT2D eigenvalue weighted by molar-refractivity contribution is 0.0274. The molecule has 23 heavy (non-hydrogen) atoms. The molecule has 0 saturated heterocycles. The molecule has 0 radical (unpaired) electrons. The van der Waals surface area contributed by atoms with Gasteiger partial charge in [0.05, 0.1) is 12.7 Å². The lowest BCUT2D eigenvalue weighted by Gasteiger charge is -2.18. The summed E-state index contributed by atoms with van der Waals surface area (Å²) in [4.78, 5) is 12.1. The van der Waals surface area contributed by atoms with Crippen LogP contribution < -0.4 is 10.6 Å². The van der Waals surface area contributed by atoms with Crippen LogP contribution in [0.1, 0.15) is 44.7 Å². The summed E-state index contributed by atoms with van der Waals surface area (Å²) < 4.78 is 5.36. The summed E-state index contributed by atoms with van der Waals surface area (Å²) in [6.07, 6.45) is -0.707. The van der Waals surface area contributed by atoms with Crippen LogP contribution in [-0.4, -0.2) is 37.0 Å². The van der Waals surface area contributed by atoms with E-state index in [1.807, 2.05) is 39.0 Å². The highest BCUT2D eigenvalue weighted by Gasteiger charge is 2.13. The number of rotatable bonds is 8. The molecule has 0 aliphatic heterocycles. The van der Waals surface area contributed by atoms with E-state index in [4.69, 9.17) is 4.74 Å². The number of hydrogen-bond donors (Lipinski definition) is 3. The fraction of sp³-hybridized carbons (Fsp3) is 0.611. The zero-order valence-electron chi connectivity index (χ0n) is 14.8. The molecule has 0 spiro atoms. The Hall–Kier alpha value is -1.59. The summed E-state index contributed by atoms with van der Waals surface area (Å²) in [6.45, 7) is 11.2. The Kier molecular flexibility index (Phi) is 8.06. The van der Waals surface area contributed by atoms with Crippen LogP contribution in [0.25, 0.3) is 0 Å². The SMILES string of the molecule is Cc1cccc(C(C)C)c1NC(=O)NCC(O)COCC(C)C. The largest absolute Gasteiger partial charge is 0.389 e. The average Bonchev–Trinajstić information content (AvgIpc) is 2.46. The van der Waals surface area contributed by atoms with Gasteiger partial charge in [0.2, 0.25) is 0 Å². The van der Waals surface area contributed by atoms with Gasteiger partial charge in [0, 0.05) is 18.8 Å². The Bertz CT molecular complexity index is 501. The Morgan fingerprint density at radius 1 is 1.22 bits per heavy atom. The van der Waals surface area contributed by atoms with Gasteiger partial charge < -0.3 is 20.5 Å². The highest BCUT2D eigenvalue weighted by Crippen LogP contribution is 2.27. The molecule has 130 valence electrons. The number of urea groups is 1. The van der Waals surface area contributed by atoms with E-state index in [0.29, 0.717) is 18.4 Å². The lowest BCUT2D eigenvalue weighted by Crippen LogP contribution is -2.37. The quantitative estimate of drug-likeness (QED) is 0.688. The lowest BCUT2D eigenvalue weighted by atomic mass is 9.98.